The van der Waals surface area contributed by atoms with Gasteiger partial charge in [0.1, 0.15) is 0 Å². The number of nitrogens with zero attached hydrogens (tertiary/aromatic N) is 1. The number of hydrogen-bond acceptors (Lipinski definition) is 2. The normalized spacial score (nSPS) is 28.3. The first-order valence-electron chi connectivity index (χ1n) is 7.39. The number of carbonyl (C=O) groups is 2. The molecule has 1 aromatic rings. The number of aliphatic carboxylic acids is 1. The van der Waals surface area contributed by atoms with Crippen molar-refractivity contribution in [2.24, 2.45) is 17.8 Å². The van der Waals surface area contributed by atoms with Gasteiger partial charge in [0, 0.05) is 13.1 Å². The number of carboxylic acids is 1. The van der Waals surface area contributed by atoms with Crippen molar-refractivity contribution in [1.29, 1.82) is 0 Å². The van der Waals surface area contributed by atoms with Gasteiger partial charge in [-0.2, -0.15) is 0 Å². The maximum Gasteiger partial charge on any atom is 0.307 e. The van der Waals surface area contributed by atoms with E-state index in [0.29, 0.717) is 19.5 Å². The van der Waals surface area contributed by atoms with Crippen molar-refractivity contribution in [2.75, 3.05) is 6.54 Å². The molecular formula is C17H19NO3. The summed E-state index contributed by atoms with van der Waals surface area (Å²) in [5.74, 6) is -1.76. The highest BCUT2D eigenvalue weighted by Gasteiger charge is 2.44. The molecule has 2 aliphatic rings. The largest absolute Gasteiger partial charge is 0.481 e. The number of piperidine rings is 1. The lowest BCUT2D eigenvalue weighted by Crippen LogP contribution is -2.49. The Morgan fingerprint density at radius 1 is 1.29 bits per heavy atom. The quantitative estimate of drug-likeness (QED) is 0.867. The van der Waals surface area contributed by atoms with Crippen LogP contribution in [0.3, 0.4) is 0 Å². The van der Waals surface area contributed by atoms with Gasteiger partial charge in [-0.3, -0.25) is 9.59 Å². The fourth-order valence-electron chi connectivity index (χ4n) is 3.44. The Morgan fingerprint density at radius 3 is 2.76 bits per heavy atom. The molecule has 4 nitrogen and oxygen atoms in total. The van der Waals surface area contributed by atoms with Gasteiger partial charge in [0.25, 0.3) is 0 Å². The molecule has 21 heavy (non-hydrogen) atoms. The first-order valence-corrected chi connectivity index (χ1v) is 7.39. The molecule has 4 heteroatoms. The van der Waals surface area contributed by atoms with Crippen LogP contribution in [-0.4, -0.2) is 28.4 Å². The van der Waals surface area contributed by atoms with E-state index in [1.54, 1.807) is 0 Å². The van der Waals surface area contributed by atoms with Crippen LogP contribution in [0.25, 0.3) is 0 Å². The van der Waals surface area contributed by atoms with Gasteiger partial charge in [0.2, 0.25) is 5.91 Å². The van der Waals surface area contributed by atoms with Crippen LogP contribution < -0.4 is 0 Å². The summed E-state index contributed by atoms with van der Waals surface area (Å²) < 4.78 is 0. The number of allylic oxidation sites excluding steroid dienone is 2. The molecule has 0 spiro atoms. The van der Waals surface area contributed by atoms with E-state index in [2.05, 4.69) is 0 Å². The lowest BCUT2D eigenvalue weighted by molar-refractivity contribution is -0.155. The first kappa shape index (κ1) is 13.9. The topological polar surface area (TPSA) is 57.6 Å². The van der Waals surface area contributed by atoms with Crippen molar-refractivity contribution >= 4 is 11.9 Å². The predicted octanol–water partition coefficient (Wildman–Crippen LogP) is 2.31. The molecule has 0 saturated carbocycles. The average Bonchev–Trinajstić information content (AvgIpc) is 2.50. The molecular weight excluding hydrogens is 266 g/mol. The van der Waals surface area contributed by atoms with Crippen molar-refractivity contribution in [3.05, 3.63) is 48.0 Å². The van der Waals surface area contributed by atoms with Crippen molar-refractivity contribution in [2.45, 2.75) is 19.4 Å². The highest BCUT2D eigenvalue weighted by atomic mass is 16.4. The third-order valence-electron chi connectivity index (χ3n) is 4.53. The number of hydrogen-bond donors (Lipinski definition) is 1. The number of likely N-dealkylation sites (tertiary alicyclic amines) is 1. The predicted molar refractivity (Wildman–Crippen MR) is 78.3 cm³/mol. The van der Waals surface area contributed by atoms with E-state index < -0.39 is 17.8 Å². The van der Waals surface area contributed by atoms with E-state index in [0.717, 1.165) is 12.0 Å². The molecule has 0 radical (unpaired) electrons. The Hall–Kier alpha value is -2.10. The molecule has 1 fully saturated rings. The van der Waals surface area contributed by atoms with E-state index in [1.165, 1.54) is 0 Å². The van der Waals surface area contributed by atoms with Crippen LogP contribution >= 0.6 is 0 Å². The van der Waals surface area contributed by atoms with Gasteiger partial charge in [-0.15, -0.1) is 0 Å². The van der Waals surface area contributed by atoms with E-state index in [1.807, 2.05) is 47.4 Å². The zero-order valence-corrected chi connectivity index (χ0v) is 11.8. The molecule has 3 atom stereocenters. The zero-order valence-electron chi connectivity index (χ0n) is 11.8. The van der Waals surface area contributed by atoms with Gasteiger partial charge in [0.15, 0.2) is 0 Å². The Morgan fingerprint density at radius 2 is 2.05 bits per heavy atom. The number of fused-ring (bicyclic) bond motifs is 1. The summed E-state index contributed by atoms with van der Waals surface area (Å²) >= 11 is 0. The van der Waals surface area contributed by atoms with Gasteiger partial charge in [-0.05, 0) is 24.3 Å². The lowest BCUT2D eigenvalue weighted by atomic mass is 9.71. The minimum Gasteiger partial charge on any atom is -0.481 e. The van der Waals surface area contributed by atoms with Crippen LogP contribution in [0.1, 0.15) is 18.4 Å². The zero-order chi connectivity index (χ0) is 14.8. The van der Waals surface area contributed by atoms with Crippen LogP contribution in [0.5, 0.6) is 0 Å². The second-order valence-electron chi connectivity index (χ2n) is 5.83. The number of benzene rings is 1. The molecule has 1 aliphatic carbocycles. The van der Waals surface area contributed by atoms with Crippen molar-refractivity contribution < 1.29 is 14.7 Å². The van der Waals surface area contributed by atoms with Gasteiger partial charge >= 0.3 is 5.97 Å². The van der Waals surface area contributed by atoms with Gasteiger partial charge in [-0.25, -0.2) is 0 Å². The Labute approximate surface area is 124 Å². The first-order chi connectivity index (χ1) is 10.2. The van der Waals surface area contributed by atoms with Crippen LogP contribution in [0, 0.1) is 17.8 Å². The molecule has 3 rings (SSSR count). The maximum atomic E-state index is 12.7. The summed E-state index contributed by atoms with van der Waals surface area (Å²) in [5, 5.41) is 9.37. The molecule has 1 aliphatic heterocycles. The van der Waals surface area contributed by atoms with Gasteiger partial charge < -0.3 is 10.0 Å². The number of carbonyl (C=O) groups excluding carboxylic acids is 1. The second kappa shape index (κ2) is 5.72. The van der Waals surface area contributed by atoms with Gasteiger partial charge in [-0.1, -0.05) is 42.5 Å². The molecule has 110 valence electrons. The highest BCUT2D eigenvalue weighted by molar-refractivity contribution is 5.86. The van der Waals surface area contributed by atoms with Gasteiger partial charge in [0.05, 0.1) is 11.8 Å². The van der Waals surface area contributed by atoms with Crippen LogP contribution in [0.2, 0.25) is 0 Å². The Balaban J connectivity index is 1.79. The van der Waals surface area contributed by atoms with E-state index >= 15 is 0 Å². The second-order valence-corrected chi connectivity index (χ2v) is 5.83. The van der Waals surface area contributed by atoms with Crippen molar-refractivity contribution in [3.63, 3.8) is 0 Å². The van der Waals surface area contributed by atoms with Crippen molar-refractivity contribution in [1.82, 2.24) is 4.90 Å². The molecule has 0 aromatic heterocycles. The Kier molecular flexibility index (Phi) is 3.78. The summed E-state index contributed by atoms with van der Waals surface area (Å²) in [4.78, 5) is 25.9. The SMILES string of the molecule is O=C(O)C1CC=C[C@@H]2CCN(Cc3ccccc3)C(=O)[C@H]12. The third kappa shape index (κ3) is 2.71. The van der Waals surface area contributed by atoms with E-state index in [4.69, 9.17) is 0 Å². The average molecular weight is 285 g/mol. The smallest absolute Gasteiger partial charge is 0.307 e. The summed E-state index contributed by atoms with van der Waals surface area (Å²) in [6.07, 6.45) is 5.26. The van der Waals surface area contributed by atoms with Crippen LogP contribution in [-0.2, 0) is 16.1 Å². The monoisotopic (exact) mass is 285 g/mol. The highest BCUT2D eigenvalue weighted by Crippen LogP contribution is 2.37. The maximum absolute atomic E-state index is 12.7. The molecule has 1 N–H and O–H groups in total. The lowest BCUT2D eigenvalue weighted by Gasteiger charge is -2.40. The molecule has 1 amide bonds. The summed E-state index contributed by atoms with van der Waals surface area (Å²) in [6, 6.07) is 9.85. The number of carboxylic acid groups (broad SMARTS) is 1. The van der Waals surface area contributed by atoms with Crippen LogP contribution in [0.15, 0.2) is 42.5 Å². The molecule has 1 aromatic carbocycles. The minimum absolute atomic E-state index is 0.00754. The summed E-state index contributed by atoms with van der Waals surface area (Å²) in [5.41, 5.74) is 1.09. The molecule has 1 heterocycles. The van der Waals surface area contributed by atoms with Crippen LogP contribution in [0.4, 0.5) is 0 Å². The number of rotatable bonds is 3. The fourth-order valence-corrected chi connectivity index (χ4v) is 3.44. The number of amides is 1. The van der Waals surface area contributed by atoms with E-state index in [-0.39, 0.29) is 11.8 Å². The third-order valence-corrected chi connectivity index (χ3v) is 4.53. The Bertz CT molecular complexity index is 567. The minimum atomic E-state index is -0.857. The van der Waals surface area contributed by atoms with E-state index in [9.17, 15) is 14.7 Å². The summed E-state index contributed by atoms with van der Waals surface area (Å²) in [7, 11) is 0. The summed E-state index contributed by atoms with van der Waals surface area (Å²) in [6.45, 7) is 1.27. The van der Waals surface area contributed by atoms with Crippen molar-refractivity contribution in [3.8, 4) is 0 Å². The molecule has 1 saturated heterocycles. The fraction of sp³-hybridized carbons (Fsp3) is 0.412. The molecule has 0 bridgehead atoms. The standard InChI is InChI=1S/C17H19NO3/c19-16-15-13(7-4-8-14(15)17(20)21)9-10-18(16)11-12-5-2-1-3-6-12/h1-7,13-15H,8-11H2,(H,20,21)/t13-,14?,15+/m1/s1. The molecule has 1 unspecified atom stereocenters.